The smallest absolute Gasteiger partial charge is 0.321 e. The van der Waals surface area contributed by atoms with Crippen molar-refractivity contribution in [3.8, 4) is 0 Å². The van der Waals surface area contributed by atoms with Gasteiger partial charge in [0, 0.05) is 18.9 Å². The summed E-state index contributed by atoms with van der Waals surface area (Å²) in [6, 6.07) is -0.565. The number of fused-ring (bicyclic) bond motifs is 1. The first-order valence-electron chi connectivity index (χ1n) is 6.84. The number of likely N-dealkylation sites (tertiary alicyclic amines) is 1. The van der Waals surface area contributed by atoms with E-state index in [2.05, 4.69) is 4.98 Å². The van der Waals surface area contributed by atoms with Gasteiger partial charge < -0.3 is 5.11 Å². The second kappa shape index (κ2) is 5.12. The summed E-state index contributed by atoms with van der Waals surface area (Å²) < 4.78 is 26.4. The van der Waals surface area contributed by atoms with Crippen LogP contribution in [-0.4, -0.2) is 38.1 Å². The van der Waals surface area contributed by atoms with E-state index in [0.717, 1.165) is 23.8 Å². The van der Waals surface area contributed by atoms with Crippen LogP contribution in [-0.2, 0) is 11.3 Å². The Morgan fingerprint density at radius 2 is 2.30 bits per heavy atom. The number of halogens is 2. The zero-order valence-corrected chi connectivity index (χ0v) is 11.0. The van der Waals surface area contributed by atoms with Crippen molar-refractivity contribution < 1.29 is 18.7 Å². The third kappa shape index (κ3) is 2.19. The van der Waals surface area contributed by atoms with E-state index in [1.54, 1.807) is 4.90 Å². The molecule has 0 bridgehead atoms. The highest BCUT2D eigenvalue weighted by molar-refractivity contribution is 5.74. The molecule has 20 heavy (non-hydrogen) atoms. The molecule has 0 radical (unpaired) electrons. The second-order valence-corrected chi connectivity index (χ2v) is 5.60. The zero-order valence-electron chi connectivity index (χ0n) is 11.0. The summed E-state index contributed by atoms with van der Waals surface area (Å²) in [5.41, 5.74) is 0. The van der Waals surface area contributed by atoms with Gasteiger partial charge in [-0.05, 0) is 24.7 Å². The highest BCUT2D eigenvalue weighted by Gasteiger charge is 2.47. The van der Waals surface area contributed by atoms with Crippen molar-refractivity contribution in [3.05, 3.63) is 18.2 Å². The van der Waals surface area contributed by atoms with E-state index in [4.69, 9.17) is 0 Å². The molecule has 2 aliphatic rings. The summed E-state index contributed by atoms with van der Waals surface area (Å²) in [7, 11) is 0. The molecule has 110 valence electrons. The third-order valence-corrected chi connectivity index (χ3v) is 4.54. The Labute approximate surface area is 115 Å². The van der Waals surface area contributed by atoms with Gasteiger partial charge >= 0.3 is 12.5 Å². The number of carboxylic acids is 1. The molecule has 3 unspecified atom stereocenters. The molecule has 7 heteroatoms. The van der Waals surface area contributed by atoms with E-state index in [9.17, 15) is 18.7 Å². The Morgan fingerprint density at radius 3 is 3.00 bits per heavy atom. The molecular formula is C13H17F2N3O2. The fourth-order valence-electron chi connectivity index (χ4n) is 3.72. The van der Waals surface area contributed by atoms with E-state index >= 15 is 0 Å². The molecule has 1 N–H and O–H groups in total. The molecule has 2 heterocycles. The van der Waals surface area contributed by atoms with Crippen molar-refractivity contribution in [2.75, 3.05) is 6.54 Å². The molecule has 0 spiro atoms. The largest absolute Gasteiger partial charge is 0.480 e. The molecule has 1 saturated heterocycles. The molecule has 0 aromatic carbocycles. The molecule has 3 atom stereocenters. The van der Waals surface area contributed by atoms with Crippen LogP contribution in [0, 0.1) is 11.8 Å². The Morgan fingerprint density at radius 1 is 1.50 bits per heavy atom. The normalized spacial score (nSPS) is 30.1. The van der Waals surface area contributed by atoms with Gasteiger partial charge in [0.1, 0.15) is 11.9 Å². The van der Waals surface area contributed by atoms with E-state index < -0.39 is 18.6 Å². The minimum absolute atomic E-state index is 0.155. The van der Waals surface area contributed by atoms with Gasteiger partial charge in [-0.3, -0.25) is 14.3 Å². The Bertz CT molecular complexity index is 506. The second-order valence-electron chi connectivity index (χ2n) is 5.60. The Balaban J connectivity index is 1.79. The van der Waals surface area contributed by atoms with Crippen molar-refractivity contribution >= 4 is 5.97 Å². The van der Waals surface area contributed by atoms with Crippen molar-refractivity contribution in [1.29, 1.82) is 0 Å². The van der Waals surface area contributed by atoms with Gasteiger partial charge in [0.25, 0.3) is 0 Å². The molecule has 1 aliphatic heterocycles. The summed E-state index contributed by atoms with van der Waals surface area (Å²) >= 11 is 0. The van der Waals surface area contributed by atoms with Crippen molar-refractivity contribution in [2.45, 2.75) is 38.4 Å². The van der Waals surface area contributed by atoms with Crippen LogP contribution in [0.4, 0.5) is 8.78 Å². The van der Waals surface area contributed by atoms with E-state index in [1.807, 2.05) is 0 Å². The summed E-state index contributed by atoms with van der Waals surface area (Å²) in [6.07, 6.45) is 5.58. The quantitative estimate of drug-likeness (QED) is 0.918. The van der Waals surface area contributed by atoms with Gasteiger partial charge in [-0.1, -0.05) is 6.42 Å². The van der Waals surface area contributed by atoms with Gasteiger partial charge in [0.15, 0.2) is 0 Å². The topological polar surface area (TPSA) is 58.4 Å². The molecule has 0 amide bonds. The molecule has 2 fully saturated rings. The number of hydrogen-bond acceptors (Lipinski definition) is 3. The van der Waals surface area contributed by atoms with Crippen LogP contribution >= 0.6 is 0 Å². The highest BCUT2D eigenvalue weighted by atomic mass is 19.3. The number of carboxylic acid groups (broad SMARTS) is 1. The number of rotatable bonds is 4. The molecule has 1 aliphatic carbocycles. The molecule has 1 saturated carbocycles. The van der Waals surface area contributed by atoms with E-state index in [-0.39, 0.29) is 18.3 Å². The summed E-state index contributed by atoms with van der Waals surface area (Å²) in [5, 5.41) is 9.42. The van der Waals surface area contributed by atoms with Crippen LogP contribution < -0.4 is 0 Å². The van der Waals surface area contributed by atoms with Gasteiger partial charge in [0.05, 0.1) is 6.54 Å². The molecule has 1 aromatic heterocycles. The minimum atomic E-state index is -2.64. The van der Waals surface area contributed by atoms with Crippen molar-refractivity contribution in [2.24, 2.45) is 11.8 Å². The molecule has 5 nitrogen and oxygen atoms in total. The number of aliphatic carboxylic acids is 1. The number of hydrogen-bond donors (Lipinski definition) is 1. The Kier molecular flexibility index (Phi) is 3.45. The lowest BCUT2D eigenvalue weighted by Gasteiger charge is -2.24. The van der Waals surface area contributed by atoms with Crippen molar-refractivity contribution in [1.82, 2.24) is 14.5 Å². The molecular weight excluding hydrogens is 268 g/mol. The van der Waals surface area contributed by atoms with Crippen LogP contribution in [0.25, 0.3) is 0 Å². The monoisotopic (exact) mass is 285 g/mol. The molecule has 3 rings (SSSR count). The number of carbonyl (C=O) groups is 1. The van der Waals surface area contributed by atoms with Crippen LogP contribution in [0.1, 0.15) is 31.6 Å². The van der Waals surface area contributed by atoms with Crippen LogP contribution in [0.3, 0.4) is 0 Å². The lowest BCUT2D eigenvalue weighted by molar-refractivity contribution is -0.143. The lowest BCUT2D eigenvalue weighted by Crippen LogP contribution is -2.39. The van der Waals surface area contributed by atoms with Gasteiger partial charge in [0.2, 0.25) is 0 Å². The number of aromatic nitrogens is 2. The maximum atomic E-state index is 12.8. The number of alkyl halides is 2. The fraction of sp³-hybridized carbons (Fsp3) is 0.692. The van der Waals surface area contributed by atoms with E-state index in [0.29, 0.717) is 12.5 Å². The van der Waals surface area contributed by atoms with Crippen LogP contribution in [0.5, 0.6) is 0 Å². The SMILES string of the molecule is O=C(O)C1C2CCCC2CN1Cc1nccn1C(F)F. The van der Waals surface area contributed by atoms with Gasteiger partial charge in [-0.2, -0.15) is 8.78 Å². The van der Waals surface area contributed by atoms with E-state index in [1.165, 1.54) is 12.4 Å². The number of nitrogens with zero attached hydrogens (tertiary/aromatic N) is 3. The summed E-state index contributed by atoms with van der Waals surface area (Å²) in [4.78, 5) is 17.2. The van der Waals surface area contributed by atoms with Crippen LogP contribution in [0.15, 0.2) is 12.4 Å². The average Bonchev–Trinajstić information content (AvgIpc) is 3.02. The van der Waals surface area contributed by atoms with Gasteiger partial charge in [-0.15, -0.1) is 0 Å². The summed E-state index contributed by atoms with van der Waals surface area (Å²) in [5.74, 6) is -0.0886. The Hall–Kier alpha value is -1.50. The minimum Gasteiger partial charge on any atom is -0.480 e. The standard InChI is InChI=1S/C13H17F2N3O2/c14-13(15)18-5-4-16-10(18)7-17-6-8-2-1-3-9(8)11(17)12(19)20/h4-5,8-9,11,13H,1-3,6-7H2,(H,19,20). The predicted octanol–water partition coefficient (Wildman–Crippen LogP) is 1.96. The summed E-state index contributed by atoms with van der Waals surface area (Å²) in [6.45, 7) is -1.81. The number of imidazole rings is 1. The first-order valence-corrected chi connectivity index (χ1v) is 6.84. The first kappa shape index (κ1) is 13.5. The predicted molar refractivity (Wildman–Crippen MR) is 66.1 cm³/mol. The maximum absolute atomic E-state index is 12.8. The third-order valence-electron chi connectivity index (χ3n) is 4.54. The maximum Gasteiger partial charge on any atom is 0.321 e. The lowest BCUT2D eigenvalue weighted by atomic mass is 9.94. The van der Waals surface area contributed by atoms with Gasteiger partial charge in [-0.25, -0.2) is 4.98 Å². The molecule has 1 aromatic rings. The fourth-order valence-corrected chi connectivity index (χ4v) is 3.72. The van der Waals surface area contributed by atoms with Crippen molar-refractivity contribution in [3.63, 3.8) is 0 Å². The van der Waals surface area contributed by atoms with Crippen LogP contribution in [0.2, 0.25) is 0 Å². The first-order chi connectivity index (χ1) is 9.58. The average molecular weight is 285 g/mol. The highest BCUT2D eigenvalue weighted by Crippen LogP contribution is 2.42. The zero-order chi connectivity index (χ0) is 14.3.